The number of sulfonamides is 1. The van der Waals surface area contributed by atoms with Crippen molar-refractivity contribution in [3.63, 3.8) is 0 Å². The van der Waals surface area contributed by atoms with Crippen LogP contribution >= 0.6 is 0 Å². The molecule has 0 atom stereocenters. The first-order valence-electron chi connectivity index (χ1n) is 8.42. The quantitative estimate of drug-likeness (QED) is 0.581. The van der Waals surface area contributed by atoms with Crippen LogP contribution in [0.1, 0.15) is 16.1 Å². The second kappa shape index (κ2) is 8.49. The van der Waals surface area contributed by atoms with Crippen molar-refractivity contribution in [1.82, 2.24) is 5.32 Å². The summed E-state index contributed by atoms with van der Waals surface area (Å²) in [7, 11) is -4.17. The molecule has 0 saturated heterocycles. The summed E-state index contributed by atoms with van der Waals surface area (Å²) in [6, 6.07) is 12.9. The van der Waals surface area contributed by atoms with Gasteiger partial charge in [-0.1, -0.05) is 12.1 Å². The zero-order chi connectivity index (χ0) is 21.8. The van der Waals surface area contributed by atoms with E-state index in [0.29, 0.717) is 5.76 Å². The Kier molecular flexibility index (Phi) is 6.01. The summed E-state index contributed by atoms with van der Waals surface area (Å²) >= 11 is 0. The average molecular weight is 440 g/mol. The molecule has 0 fully saturated rings. The zero-order valence-corrected chi connectivity index (χ0v) is 16.0. The van der Waals surface area contributed by atoms with E-state index < -0.39 is 28.0 Å². The molecule has 1 heterocycles. The maximum absolute atomic E-state index is 12.6. The van der Waals surface area contributed by atoms with Crippen molar-refractivity contribution in [2.45, 2.75) is 17.8 Å². The number of amides is 1. The third-order valence-corrected chi connectivity index (χ3v) is 5.17. The molecule has 2 aromatic carbocycles. The lowest BCUT2D eigenvalue weighted by Gasteiger charge is -2.13. The van der Waals surface area contributed by atoms with Crippen molar-refractivity contribution < 1.29 is 35.5 Å². The molecule has 158 valence electrons. The highest BCUT2D eigenvalue weighted by Crippen LogP contribution is 2.25. The van der Waals surface area contributed by atoms with Gasteiger partial charge in [-0.15, -0.1) is 13.2 Å². The van der Waals surface area contributed by atoms with Gasteiger partial charge >= 0.3 is 6.36 Å². The van der Waals surface area contributed by atoms with E-state index >= 15 is 0 Å². The molecule has 11 heteroatoms. The number of furan rings is 1. The first-order chi connectivity index (χ1) is 14.1. The molecule has 0 bridgehead atoms. The number of hydrogen-bond donors (Lipinski definition) is 2. The maximum atomic E-state index is 12.6. The Morgan fingerprint density at radius 1 is 1.00 bits per heavy atom. The van der Waals surface area contributed by atoms with Crippen LogP contribution in [0.3, 0.4) is 0 Å². The van der Waals surface area contributed by atoms with Gasteiger partial charge in [0.1, 0.15) is 11.5 Å². The Hall–Kier alpha value is -3.47. The predicted molar refractivity (Wildman–Crippen MR) is 100 cm³/mol. The van der Waals surface area contributed by atoms with Crippen molar-refractivity contribution in [2.75, 3.05) is 4.72 Å². The third kappa shape index (κ3) is 5.54. The number of carbonyl (C=O) groups is 1. The molecule has 3 aromatic rings. The molecular weight excluding hydrogens is 425 g/mol. The molecule has 2 N–H and O–H groups in total. The molecular formula is C19H15F3N2O5S. The van der Waals surface area contributed by atoms with E-state index in [1.165, 1.54) is 24.5 Å². The topological polar surface area (TPSA) is 97.6 Å². The highest BCUT2D eigenvalue weighted by Gasteiger charge is 2.31. The van der Waals surface area contributed by atoms with Gasteiger partial charge in [0, 0.05) is 0 Å². The Morgan fingerprint density at radius 2 is 1.70 bits per heavy atom. The number of nitrogens with one attached hydrogen (secondary N) is 2. The number of alkyl halides is 3. The number of rotatable bonds is 7. The Balaban J connectivity index is 1.76. The number of ether oxygens (including phenoxy) is 1. The smallest absolute Gasteiger partial charge is 0.467 e. The lowest BCUT2D eigenvalue weighted by atomic mass is 10.1. The van der Waals surface area contributed by atoms with E-state index in [1.54, 1.807) is 18.2 Å². The minimum absolute atomic E-state index is 0.00469. The van der Waals surface area contributed by atoms with Crippen molar-refractivity contribution in [1.29, 1.82) is 0 Å². The van der Waals surface area contributed by atoms with E-state index in [-0.39, 0.29) is 22.7 Å². The molecule has 0 radical (unpaired) electrons. The first kappa shape index (κ1) is 21.2. The zero-order valence-electron chi connectivity index (χ0n) is 15.1. The molecule has 3 rings (SSSR count). The number of halogens is 3. The second-order valence-electron chi connectivity index (χ2n) is 5.93. The molecule has 7 nitrogen and oxygen atoms in total. The summed E-state index contributed by atoms with van der Waals surface area (Å²) in [4.78, 5) is 12.1. The Labute approximate surface area is 169 Å². The van der Waals surface area contributed by atoms with Gasteiger partial charge < -0.3 is 14.5 Å². The van der Waals surface area contributed by atoms with Gasteiger partial charge in [0.15, 0.2) is 0 Å². The minimum Gasteiger partial charge on any atom is -0.467 e. The fourth-order valence-electron chi connectivity index (χ4n) is 2.47. The van der Waals surface area contributed by atoms with Gasteiger partial charge in [-0.2, -0.15) is 0 Å². The monoisotopic (exact) mass is 440 g/mol. The van der Waals surface area contributed by atoms with Crippen molar-refractivity contribution >= 4 is 21.6 Å². The number of carbonyl (C=O) groups excluding carboxylic acids is 1. The fraction of sp³-hybridized carbons (Fsp3) is 0.105. The van der Waals surface area contributed by atoms with Crippen LogP contribution in [0.2, 0.25) is 0 Å². The van der Waals surface area contributed by atoms with E-state index in [1.807, 2.05) is 0 Å². The van der Waals surface area contributed by atoms with E-state index in [4.69, 9.17) is 4.42 Å². The molecule has 0 spiro atoms. The highest BCUT2D eigenvalue weighted by molar-refractivity contribution is 7.92. The summed E-state index contributed by atoms with van der Waals surface area (Å²) < 4.78 is 73.0. The van der Waals surface area contributed by atoms with Crippen LogP contribution in [0.15, 0.2) is 76.2 Å². The van der Waals surface area contributed by atoms with Gasteiger partial charge in [-0.25, -0.2) is 8.42 Å². The molecule has 0 aliphatic carbocycles. The molecule has 0 aliphatic heterocycles. The summed E-state index contributed by atoms with van der Waals surface area (Å²) in [5.41, 5.74) is 0.0646. The first-order valence-corrected chi connectivity index (χ1v) is 9.91. The van der Waals surface area contributed by atoms with Gasteiger partial charge in [-0.05, 0) is 48.5 Å². The van der Waals surface area contributed by atoms with Crippen molar-refractivity contribution in [3.05, 3.63) is 78.3 Å². The minimum atomic E-state index is -4.89. The molecule has 1 aromatic heterocycles. The van der Waals surface area contributed by atoms with Crippen LogP contribution in [0.4, 0.5) is 18.9 Å². The molecule has 0 unspecified atom stereocenters. The number of para-hydroxylation sites is 1. The van der Waals surface area contributed by atoms with E-state index in [0.717, 1.165) is 24.3 Å². The Bertz CT molecular complexity index is 1110. The third-order valence-electron chi connectivity index (χ3n) is 3.79. The molecule has 30 heavy (non-hydrogen) atoms. The summed E-state index contributed by atoms with van der Waals surface area (Å²) in [6.07, 6.45) is -3.44. The van der Waals surface area contributed by atoms with E-state index in [2.05, 4.69) is 14.8 Å². The second-order valence-corrected chi connectivity index (χ2v) is 7.61. The SMILES string of the molecule is O=C(NCc1ccco1)c1ccccc1NS(=O)(=O)c1ccc(OC(F)(F)F)cc1. The van der Waals surface area contributed by atoms with Crippen LogP contribution in [0.25, 0.3) is 0 Å². The van der Waals surface area contributed by atoms with Crippen LogP contribution in [-0.4, -0.2) is 20.7 Å². The lowest BCUT2D eigenvalue weighted by Crippen LogP contribution is -2.24. The van der Waals surface area contributed by atoms with Gasteiger partial charge in [-0.3, -0.25) is 9.52 Å². The van der Waals surface area contributed by atoms with Gasteiger partial charge in [0.25, 0.3) is 15.9 Å². The van der Waals surface area contributed by atoms with Crippen LogP contribution < -0.4 is 14.8 Å². The van der Waals surface area contributed by atoms with Crippen molar-refractivity contribution in [2.24, 2.45) is 0 Å². The van der Waals surface area contributed by atoms with Gasteiger partial charge in [0.2, 0.25) is 0 Å². The highest BCUT2D eigenvalue weighted by atomic mass is 32.2. The normalized spacial score (nSPS) is 11.7. The Morgan fingerprint density at radius 3 is 2.33 bits per heavy atom. The number of benzene rings is 2. The largest absolute Gasteiger partial charge is 0.573 e. The van der Waals surface area contributed by atoms with Gasteiger partial charge in [0.05, 0.1) is 29.0 Å². The average Bonchev–Trinajstić information content (AvgIpc) is 3.19. The number of anilines is 1. The molecule has 0 aliphatic rings. The van der Waals surface area contributed by atoms with E-state index in [9.17, 15) is 26.4 Å². The van der Waals surface area contributed by atoms with Crippen LogP contribution in [0, 0.1) is 0 Å². The molecule has 0 saturated carbocycles. The summed E-state index contributed by atoms with van der Waals surface area (Å²) in [5, 5.41) is 2.61. The molecule has 1 amide bonds. The fourth-order valence-corrected chi connectivity index (χ4v) is 3.55. The van der Waals surface area contributed by atoms with Crippen LogP contribution in [0.5, 0.6) is 5.75 Å². The van der Waals surface area contributed by atoms with Crippen LogP contribution in [-0.2, 0) is 16.6 Å². The lowest BCUT2D eigenvalue weighted by molar-refractivity contribution is -0.274. The maximum Gasteiger partial charge on any atom is 0.573 e. The van der Waals surface area contributed by atoms with Crippen molar-refractivity contribution in [3.8, 4) is 5.75 Å². The number of hydrogen-bond acceptors (Lipinski definition) is 5. The summed E-state index contributed by atoms with van der Waals surface area (Å²) in [5.74, 6) is -0.583. The standard InChI is InChI=1S/C19H15F3N2O5S/c20-19(21,22)29-13-7-9-15(10-8-13)30(26,27)24-17-6-2-1-5-16(17)18(25)23-12-14-4-3-11-28-14/h1-11,24H,12H2,(H,23,25). The predicted octanol–water partition coefficient (Wildman–Crippen LogP) is 3.91. The summed E-state index contributed by atoms with van der Waals surface area (Å²) in [6.45, 7) is 0.105.